The predicted octanol–water partition coefficient (Wildman–Crippen LogP) is 4.90. The van der Waals surface area contributed by atoms with E-state index in [1.165, 1.54) is 16.7 Å². The molecule has 1 aliphatic rings. The molecule has 0 unspecified atom stereocenters. The molecule has 1 amide bonds. The minimum absolute atomic E-state index is 0.0907. The lowest BCUT2D eigenvalue weighted by Crippen LogP contribution is -2.27. The van der Waals surface area contributed by atoms with Gasteiger partial charge in [-0.15, -0.1) is 0 Å². The summed E-state index contributed by atoms with van der Waals surface area (Å²) in [5, 5.41) is 12.1. The van der Waals surface area contributed by atoms with E-state index in [4.69, 9.17) is 0 Å². The van der Waals surface area contributed by atoms with Crippen LogP contribution in [0.4, 0.5) is 11.4 Å². The van der Waals surface area contributed by atoms with E-state index in [2.05, 4.69) is 4.98 Å². The number of para-hydroxylation sites is 3. The molecule has 8 nitrogen and oxygen atoms in total. The molecule has 4 aromatic rings. The van der Waals surface area contributed by atoms with Crippen molar-refractivity contribution in [2.75, 3.05) is 11.4 Å². The van der Waals surface area contributed by atoms with E-state index < -0.39 is 10.5 Å². The number of aromatic nitrogens is 2. The molecule has 0 fully saturated rings. The Bertz CT molecular complexity index is 1600. The summed E-state index contributed by atoms with van der Waals surface area (Å²) in [7, 11) is 0. The van der Waals surface area contributed by atoms with Crippen molar-refractivity contribution >= 4 is 39.8 Å². The maximum atomic E-state index is 13.6. The zero-order valence-electron chi connectivity index (χ0n) is 19.3. The quantitative estimate of drug-likeness (QED) is 0.237. The van der Waals surface area contributed by atoms with Crippen LogP contribution in [-0.4, -0.2) is 26.9 Å². The predicted molar refractivity (Wildman–Crippen MR) is 136 cm³/mol. The molecule has 0 saturated heterocycles. The standard InChI is InChI=1S/C27H22N4O4/c1-3-14-29-22-13-12-17(2)15-19(22)20(26(29)32)16-25-28-21-9-5-4-8-18(21)27(33)30(25)23-10-6-7-11-24(23)31(34)35/h4-13,15-16H,3,14H2,1-2H3. The molecule has 0 N–H and O–H groups in total. The highest BCUT2D eigenvalue weighted by atomic mass is 16.6. The van der Waals surface area contributed by atoms with Crippen LogP contribution in [0.1, 0.15) is 30.3 Å². The highest BCUT2D eigenvalue weighted by molar-refractivity contribution is 6.35. The molecule has 0 bridgehead atoms. The summed E-state index contributed by atoms with van der Waals surface area (Å²) in [4.78, 5) is 44.7. The monoisotopic (exact) mass is 466 g/mol. The van der Waals surface area contributed by atoms with Gasteiger partial charge in [-0.05, 0) is 49.8 Å². The lowest BCUT2D eigenvalue weighted by Gasteiger charge is -2.15. The van der Waals surface area contributed by atoms with Gasteiger partial charge in [0.25, 0.3) is 17.2 Å². The van der Waals surface area contributed by atoms with Crippen LogP contribution >= 0.6 is 0 Å². The number of aryl methyl sites for hydroxylation is 1. The number of hydrogen-bond acceptors (Lipinski definition) is 5. The van der Waals surface area contributed by atoms with Gasteiger partial charge in [-0.2, -0.15) is 0 Å². The van der Waals surface area contributed by atoms with E-state index in [9.17, 15) is 19.7 Å². The summed E-state index contributed by atoms with van der Waals surface area (Å²) in [6.07, 6.45) is 2.35. The van der Waals surface area contributed by atoms with Gasteiger partial charge in [0.2, 0.25) is 0 Å². The molecule has 0 aliphatic carbocycles. The topological polar surface area (TPSA) is 98.3 Å². The maximum Gasteiger partial charge on any atom is 0.293 e. The van der Waals surface area contributed by atoms with Crippen LogP contribution in [0.15, 0.2) is 71.5 Å². The van der Waals surface area contributed by atoms with Gasteiger partial charge in [0.1, 0.15) is 11.5 Å². The van der Waals surface area contributed by atoms with Crippen LogP contribution in [0.25, 0.3) is 28.2 Å². The molecule has 1 aliphatic heterocycles. The zero-order chi connectivity index (χ0) is 24.7. The fourth-order valence-electron chi connectivity index (χ4n) is 4.47. The number of nitro groups is 1. The zero-order valence-corrected chi connectivity index (χ0v) is 19.3. The van der Waals surface area contributed by atoms with Gasteiger partial charge in [0.15, 0.2) is 0 Å². The van der Waals surface area contributed by atoms with E-state index >= 15 is 0 Å². The number of nitro benzene ring substituents is 1. The minimum atomic E-state index is -0.531. The van der Waals surface area contributed by atoms with E-state index in [1.807, 2.05) is 32.0 Å². The van der Waals surface area contributed by atoms with Gasteiger partial charge in [0.05, 0.1) is 27.1 Å². The summed E-state index contributed by atoms with van der Waals surface area (Å²) in [5.41, 5.74) is 2.79. The number of carbonyl (C=O) groups excluding carboxylic acids is 1. The molecule has 8 heteroatoms. The molecule has 1 aromatic heterocycles. The first-order chi connectivity index (χ1) is 16.9. The molecule has 3 aromatic carbocycles. The number of rotatable bonds is 5. The normalized spacial score (nSPS) is 14.1. The van der Waals surface area contributed by atoms with Crippen LogP contribution in [0.2, 0.25) is 0 Å². The Balaban J connectivity index is 1.84. The van der Waals surface area contributed by atoms with Gasteiger partial charge in [-0.3, -0.25) is 24.3 Å². The van der Waals surface area contributed by atoms with Crippen LogP contribution in [0.5, 0.6) is 0 Å². The third kappa shape index (κ3) is 3.69. The van der Waals surface area contributed by atoms with Crippen LogP contribution in [-0.2, 0) is 4.79 Å². The van der Waals surface area contributed by atoms with Gasteiger partial charge >= 0.3 is 0 Å². The van der Waals surface area contributed by atoms with E-state index in [-0.39, 0.29) is 23.1 Å². The van der Waals surface area contributed by atoms with Crippen molar-refractivity contribution in [3.8, 4) is 5.69 Å². The summed E-state index contributed by atoms with van der Waals surface area (Å²) in [6.45, 7) is 4.50. The van der Waals surface area contributed by atoms with E-state index in [0.29, 0.717) is 23.0 Å². The third-order valence-electron chi connectivity index (χ3n) is 6.05. The Morgan fingerprint density at radius 1 is 1.00 bits per heavy atom. The van der Waals surface area contributed by atoms with Crippen molar-refractivity contribution in [2.24, 2.45) is 0 Å². The summed E-state index contributed by atoms with van der Waals surface area (Å²) in [5.74, 6) is -0.0406. The Kier molecular flexibility index (Phi) is 5.49. The second-order valence-corrected chi connectivity index (χ2v) is 8.41. The Morgan fingerprint density at radius 3 is 2.51 bits per heavy atom. The largest absolute Gasteiger partial charge is 0.308 e. The smallest absolute Gasteiger partial charge is 0.293 e. The van der Waals surface area contributed by atoms with Crippen LogP contribution < -0.4 is 10.5 Å². The highest BCUT2D eigenvalue weighted by Crippen LogP contribution is 2.38. The van der Waals surface area contributed by atoms with Crippen molar-refractivity contribution < 1.29 is 9.72 Å². The summed E-state index contributed by atoms with van der Waals surface area (Å²) < 4.78 is 1.22. The molecule has 0 spiro atoms. The SMILES string of the molecule is CCCN1C(=O)C(=Cc2nc3ccccc3c(=O)n2-c2ccccc2[N+](=O)[O-])c2cc(C)ccc21. The number of fused-ring (bicyclic) bond motifs is 2. The van der Waals surface area contributed by atoms with Crippen molar-refractivity contribution in [3.63, 3.8) is 0 Å². The van der Waals surface area contributed by atoms with Crippen molar-refractivity contribution in [1.82, 2.24) is 9.55 Å². The van der Waals surface area contributed by atoms with Crippen molar-refractivity contribution in [1.29, 1.82) is 0 Å². The molecular formula is C27H22N4O4. The Hall–Kier alpha value is -4.59. The molecule has 174 valence electrons. The van der Waals surface area contributed by atoms with Gasteiger partial charge in [-0.25, -0.2) is 4.98 Å². The number of carbonyl (C=O) groups is 1. The van der Waals surface area contributed by atoms with Crippen molar-refractivity contribution in [2.45, 2.75) is 20.3 Å². The fraction of sp³-hybridized carbons (Fsp3) is 0.148. The molecule has 2 heterocycles. The number of benzene rings is 3. The lowest BCUT2D eigenvalue weighted by molar-refractivity contribution is -0.384. The Morgan fingerprint density at radius 2 is 1.74 bits per heavy atom. The van der Waals surface area contributed by atoms with E-state index in [0.717, 1.165) is 23.2 Å². The number of amides is 1. The summed E-state index contributed by atoms with van der Waals surface area (Å²) in [6, 6.07) is 18.7. The average Bonchev–Trinajstić information content (AvgIpc) is 3.10. The molecular weight excluding hydrogens is 444 g/mol. The van der Waals surface area contributed by atoms with Crippen LogP contribution in [0, 0.1) is 17.0 Å². The van der Waals surface area contributed by atoms with Gasteiger partial charge < -0.3 is 4.90 Å². The first-order valence-corrected chi connectivity index (χ1v) is 11.3. The lowest BCUT2D eigenvalue weighted by atomic mass is 10.0. The maximum absolute atomic E-state index is 13.6. The van der Waals surface area contributed by atoms with Gasteiger partial charge in [-0.1, -0.05) is 42.8 Å². The fourth-order valence-corrected chi connectivity index (χ4v) is 4.47. The second-order valence-electron chi connectivity index (χ2n) is 8.41. The third-order valence-corrected chi connectivity index (χ3v) is 6.05. The molecule has 35 heavy (non-hydrogen) atoms. The number of hydrogen-bond donors (Lipinski definition) is 0. The minimum Gasteiger partial charge on any atom is -0.308 e. The summed E-state index contributed by atoms with van der Waals surface area (Å²) >= 11 is 0. The van der Waals surface area contributed by atoms with E-state index in [1.54, 1.807) is 47.4 Å². The first kappa shape index (κ1) is 22.2. The molecule has 0 saturated carbocycles. The van der Waals surface area contributed by atoms with Gasteiger partial charge in [0, 0.05) is 18.2 Å². The highest BCUT2D eigenvalue weighted by Gasteiger charge is 2.32. The molecule has 0 atom stereocenters. The van der Waals surface area contributed by atoms with Crippen LogP contribution in [0.3, 0.4) is 0 Å². The van der Waals surface area contributed by atoms with Crippen molar-refractivity contribution in [3.05, 3.63) is 104 Å². The average molecular weight is 466 g/mol. The number of nitrogens with zero attached hydrogens (tertiary/aromatic N) is 4. The second kappa shape index (κ2) is 8.64. The first-order valence-electron chi connectivity index (χ1n) is 11.3. The molecule has 0 radical (unpaired) electrons. The molecule has 5 rings (SSSR count). The Labute approximate surface area is 200 Å². The number of anilines is 1.